The summed E-state index contributed by atoms with van der Waals surface area (Å²) in [5.74, 6) is 0. The third kappa shape index (κ3) is 3.32. The molecule has 0 aliphatic heterocycles. The topological polar surface area (TPSA) is 12.9 Å². The monoisotopic (exact) mass is 238 g/mol. The van der Waals surface area contributed by atoms with Gasteiger partial charge in [-0.05, 0) is 0 Å². The van der Waals surface area contributed by atoms with Gasteiger partial charge in [-0.1, -0.05) is 39.1 Å². The maximum absolute atomic E-state index is 4.34. The molecule has 1 nitrogen and oxygen atoms in total. The van der Waals surface area contributed by atoms with E-state index < -0.39 is 0 Å². The number of rotatable bonds is 0. The minimum absolute atomic E-state index is 0. The van der Waals surface area contributed by atoms with Gasteiger partial charge in [-0.15, -0.1) is 11.1 Å². The molecule has 0 spiro atoms. The summed E-state index contributed by atoms with van der Waals surface area (Å²) in [5.41, 5.74) is 4.48. The third-order valence-electron chi connectivity index (χ3n) is 1.80. The van der Waals surface area contributed by atoms with Crippen LogP contribution in [0.25, 0.3) is 0 Å². The minimum atomic E-state index is 0. The first kappa shape index (κ1) is 14.8. The molecule has 1 radical (unpaired) electrons. The predicted molar refractivity (Wildman–Crippen MR) is 48.4 cm³/mol. The molecule has 0 aliphatic rings. The van der Waals surface area contributed by atoms with Crippen molar-refractivity contribution in [3.63, 3.8) is 0 Å². The Bertz CT molecular complexity index is 206. The molecule has 0 saturated carbocycles. The van der Waals surface area contributed by atoms with Crippen molar-refractivity contribution in [2.75, 3.05) is 0 Å². The SMILES string of the molecule is Cc1[c-]c(C)c(C)nc1C.[CH3-].[Y]. The Labute approximate surface area is 101 Å². The van der Waals surface area contributed by atoms with E-state index in [0.717, 1.165) is 22.5 Å². The second-order valence-corrected chi connectivity index (χ2v) is 2.66. The van der Waals surface area contributed by atoms with E-state index in [0.29, 0.717) is 0 Å². The Balaban J connectivity index is 0. The molecule has 0 amide bonds. The van der Waals surface area contributed by atoms with Gasteiger partial charge >= 0.3 is 0 Å². The van der Waals surface area contributed by atoms with Gasteiger partial charge in [-0.25, -0.2) is 0 Å². The van der Waals surface area contributed by atoms with E-state index in [-0.39, 0.29) is 40.1 Å². The quantitative estimate of drug-likeness (QED) is 0.633. The fourth-order valence-corrected chi connectivity index (χ4v) is 0.881. The van der Waals surface area contributed by atoms with E-state index in [1.165, 1.54) is 0 Å². The van der Waals surface area contributed by atoms with Crippen molar-refractivity contribution < 1.29 is 32.7 Å². The summed E-state index contributed by atoms with van der Waals surface area (Å²) in [4.78, 5) is 4.34. The van der Waals surface area contributed by atoms with Crippen LogP contribution >= 0.6 is 0 Å². The van der Waals surface area contributed by atoms with Gasteiger partial charge in [0.2, 0.25) is 0 Å². The van der Waals surface area contributed by atoms with Gasteiger partial charge < -0.3 is 12.4 Å². The van der Waals surface area contributed by atoms with Gasteiger partial charge in [0.1, 0.15) is 0 Å². The molecule has 0 aromatic carbocycles. The van der Waals surface area contributed by atoms with Crippen molar-refractivity contribution in [2.45, 2.75) is 27.7 Å². The van der Waals surface area contributed by atoms with Gasteiger partial charge in [0, 0.05) is 32.7 Å². The summed E-state index contributed by atoms with van der Waals surface area (Å²) in [6.07, 6.45) is 0. The van der Waals surface area contributed by atoms with Crippen LogP contribution < -0.4 is 0 Å². The van der Waals surface area contributed by atoms with Crippen molar-refractivity contribution in [3.05, 3.63) is 36.0 Å². The zero-order chi connectivity index (χ0) is 7.72. The van der Waals surface area contributed by atoms with Crippen LogP contribution in [0.15, 0.2) is 0 Å². The first-order valence-corrected chi connectivity index (χ1v) is 3.45. The van der Waals surface area contributed by atoms with Gasteiger partial charge in [0.05, 0.1) is 0 Å². The summed E-state index contributed by atoms with van der Waals surface area (Å²) in [5, 5.41) is 0. The van der Waals surface area contributed by atoms with Crippen LogP contribution in [0.4, 0.5) is 0 Å². The molecule has 0 bridgehead atoms. The predicted octanol–water partition coefficient (Wildman–Crippen LogP) is 2.56. The molecule has 0 fully saturated rings. The molecule has 12 heavy (non-hydrogen) atoms. The van der Waals surface area contributed by atoms with Crippen LogP contribution in [0.5, 0.6) is 0 Å². The average molecular weight is 238 g/mol. The van der Waals surface area contributed by atoms with Crippen LogP contribution in [0.2, 0.25) is 0 Å². The molecule has 2 heteroatoms. The van der Waals surface area contributed by atoms with E-state index in [2.05, 4.69) is 11.1 Å². The molecule has 0 atom stereocenters. The number of aromatic nitrogens is 1. The van der Waals surface area contributed by atoms with Crippen molar-refractivity contribution >= 4 is 0 Å². The molecule has 1 heterocycles. The number of pyridine rings is 1. The maximum atomic E-state index is 4.34. The summed E-state index contributed by atoms with van der Waals surface area (Å²) in [6.45, 7) is 8.10. The third-order valence-corrected chi connectivity index (χ3v) is 1.80. The molecule has 1 aromatic rings. The number of aryl methyl sites for hydroxylation is 4. The number of hydrogen-bond donors (Lipinski definition) is 0. The first-order chi connectivity index (χ1) is 4.61. The smallest absolute Gasteiger partial charge is 0 e. The van der Waals surface area contributed by atoms with Gasteiger partial charge in [0.15, 0.2) is 0 Å². The molecule has 0 saturated heterocycles. The Morgan fingerprint density at radius 2 is 1.25 bits per heavy atom. The van der Waals surface area contributed by atoms with Crippen LogP contribution in [0.1, 0.15) is 22.5 Å². The normalized spacial score (nSPS) is 8.33. The van der Waals surface area contributed by atoms with Gasteiger partial charge in [0.25, 0.3) is 0 Å². The van der Waals surface area contributed by atoms with Crippen LogP contribution in [0, 0.1) is 41.2 Å². The number of nitrogens with zero attached hydrogens (tertiary/aromatic N) is 1. The van der Waals surface area contributed by atoms with E-state index in [4.69, 9.17) is 0 Å². The molecular formula is C10H15NY-2. The summed E-state index contributed by atoms with van der Waals surface area (Å²) in [7, 11) is 0. The Hall–Kier alpha value is 0.254. The van der Waals surface area contributed by atoms with Crippen molar-refractivity contribution in [3.8, 4) is 0 Å². The minimum Gasteiger partial charge on any atom is -0.384 e. The zero-order valence-corrected chi connectivity index (χ0v) is 11.4. The second-order valence-electron chi connectivity index (χ2n) is 2.66. The number of hydrogen-bond acceptors (Lipinski definition) is 1. The molecule has 0 unspecified atom stereocenters. The van der Waals surface area contributed by atoms with E-state index in [9.17, 15) is 0 Å². The fraction of sp³-hybridized carbons (Fsp3) is 0.400. The summed E-state index contributed by atoms with van der Waals surface area (Å²) < 4.78 is 0. The molecule has 1 aromatic heterocycles. The van der Waals surface area contributed by atoms with E-state index in [1.807, 2.05) is 27.7 Å². The van der Waals surface area contributed by atoms with Crippen LogP contribution in [0.3, 0.4) is 0 Å². The van der Waals surface area contributed by atoms with Gasteiger partial charge in [-0.2, -0.15) is 6.07 Å². The Morgan fingerprint density at radius 3 is 1.50 bits per heavy atom. The molecular weight excluding hydrogens is 223 g/mol. The van der Waals surface area contributed by atoms with Crippen LogP contribution in [-0.4, -0.2) is 4.98 Å². The summed E-state index contributed by atoms with van der Waals surface area (Å²) >= 11 is 0. The molecule has 0 aliphatic carbocycles. The van der Waals surface area contributed by atoms with Gasteiger partial charge in [-0.3, -0.25) is 0 Å². The Kier molecular flexibility index (Phi) is 7.16. The Morgan fingerprint density at radius 1 is 0.917 bits per heavy atom. The molecule has 1 rings (SSSR count). The molecule has 0 N–H and O–H groups in total. The van der Waals surface area contributed by atoms with E-state index in [1.54, 1.807) is 0 Å². The molecule has 65 valence electrons. The summed E-state index contributed by atoms with van der Waals surface area (Å²) in [6, 6.07) is 3.24. The second kappa shape index (κ2) is 5.82. The standard InChI is InChI=1S/C9H12N.CH3.Y/c1-6-5-7(2)9(4)10-8(6)3;;/h1-4H3;1H3;/q2*-1;. The largest absolute Gasteiger partial charge is 0.384 e. The van der Waals surface area contributed by atoms with Crippen molar-refractivity contribution in [2.24, 2.45) is 0 Å². The average Bonchev–Trinajstić information content (AvgIpc) is 1.84. The fourth-order valence-electron chi connectivity index (χ4n) is 0.881. The van der Waals surface area contributed by atoms with E-state index >= 15 is 0 Å². The van der Waals surface area contributed by atoms with Crippen LogP contribution in [-0.2, 0) is 32.7 Å². The van der Waals surface area contributed by atoms with Crippen molar-refractivity contribution in [1.29, 1.82) is 0 Å². The zero-order valence-electron chi connectivity index (χ0n) is 8.52. The maximum Gasteiger partial charge on any atom is 0 e. The van der Waals surface area contributed by atoms with Crippen molar-refractivity contribution in [1.82, 2.24) is 4.98 Å². The first-order valence-electron chi connectivity index (χ1n) is 3.45.